The molecule has 0 saturated heterocycles. The van der Waals surface area contributed by atoms with E-state index in [9.17, 15) is 21.6 Å². The first-order valence-corrected chi connectivity index (χ1v) is 6.53. The van der Waals surface area contributed by atoms with Crippen LogP contribution < -0.4 is 0 Å². The van der Waals surface area contributed by atoms with Gasteiger partial charge in [0.05, 0.1) is 4.90 Å². The van der Waals surface area contributed by atoms with Crippen molar-refractivity contribution < 1.29 is 25.8 Å². The zero-order chi connectivity index (χ0) is 14.0. The maximum absolute atomic E-state index is 12.9. The molecule has 1 atom stereocenters. The Morgan fingerprint density at radius 1 is 1.28 bits per heavy atom. The Kier molecular flexibility index (Phi) is 4.39. The lowest BCUT2D eigenvalue weighted by Crippen LogP contribution is -2.37. The molecule has 102 valence electrons. The van der Waals surface area contributed by atoms with E-state index in [0.717, 1.165) is 12.5 Å². The number of alkyl halides is 3. The number of rotatable bonds is 5. The molecule has 3 nitrogen and oxygen atoms in total. The van der Waals surface area contributed by atoms with Crippen LogP contribution in [-0.2, 0) is 14.3 Å². The number of aryl methyl sites for hydroxylation is 1. The quantitative estimate of drug-likeness (QED) is 0.780. The highest BCUT2D eigenvalue weighted by Crippen LogP contribution is 2.25. The van der Waals surface area contributed by atoms with Crippen molar-refractivity contribution in [3.05, 3.63) is 29.8 Å². The summed E-state index contributed by atoms with van der Waals surface area (Å²) in [7, 11) is -4.32. The van der Waals surface area contributed by atoms with E-state index < -0.39 is 28.8 Å². The van der Waals surface area contributed by atoms with Crippen molar-refractivity contribution in [2.45, 2.75) is 30.8 Å². The van der Waals surface area contributed by atoms with Crippen LogP contribution in [0.1, 0.15) is 12.5 Å². The molecule has 18 heavy (non-hydrogen) atoms. The molecule has 1 aromatic carbocycles. The molecule has 0 amide bonds. The smallest absolute Gasteiger partial charge is 0.257 e. The van der Waals surface area contributed by atoms with E-state index in [4.69, 9.17) is 0 Å². The third kappa shape index (κ3) is 3.46. The van der Waals surface area contributed by atoms with Gasteiger partial charge < -0.3 is 0 Å². The van der Waals surface area contributed by atoms with Gasteiger partial charge in [-0.1, -0.05) is 17.7 Å². The normalized spacial score (nSPS) is 14.5. The molecule has 7 heteroatoms. The highest BCUT2D eigenvalue weighted by molar-refractivity contribution is 7.86. The van der Waals surface area contributed by atoms with E-state index in [-0.39, 0.29) is 4.90 Å². The van der Waals surface area contributed by atoms with E-state index >= 15 is 0 Å². The van der Waals surface area contributed by atoms with Crippen molar-refractivity contribution in [3.8, 4) is 0 Å². The van der Waals surface area contributed by atoms with Crippen molar-refractivity contribution in [3.63, 3.8) is 0 Å². The van der Waals surface area contributed by atoms with E-state index in [0.29, 0.717) is 0 Å². The van der Waals surface area contributed by atoms with Gasteiger partial charge >= 0.3 is 5.92 Å². The van der Waals surface area contributed by atoms with Crippen molar-refractivity contribution in [2.24, 2.45) is 0 Å². The van der Waals surface area contributed by atoms with Crippen LogP contribution in [0.25, 0.3) is 0 Å². The van der Waals surface area contributed by atoms with Gasteiger partial charge in [0.2, 0.25) is 0 Å². The Morgan fingerprint density at radius 3 is 2.22 bits per heavy atom. The molecule has 0 aliphatic carbocycles. The van der Waals surface area contributed by atoms with Crippen LogP contribution >= 0.6 is 0 Å². The Balaban J connectivity index is 2.92. The minimum Gasteiger partial charge on any atom is -0.257 e. The van der Waals surface area contributed by atoms with Gasteiger partial charge in [0, 0.05) is 0 Å². The van der Waals surface area contributed by atoms with E-state index in [1.165, 1.54) is 24.3 Å². The minimum atomic E-state index is -4.32. The maximum atomic E-state index is 12.9. The fraction of sp³-hybridized carbons (Fsp3) is 0.455. The highest BCUT2D eigenvalue weighted by Gasteiger charge is 2.40. The summed E-state index contributed by atoms with van der Waals surface area (Å²) in [6.07, 6.45) is -2.06. The number of benzene rings is 1. The number of halogens is 3. The van der Waals surface area contributed by atoms with Gasteiger partial charge in [-0.25, -0.2) is 13.2 Å². The minimum absolute atomic E-state index is 0.241. The average molecular weight is 282 g/mol. The molecule has 0 spiro atoms. The molecule has 0 aromatic heterocycles. The van der Waals surface area contributed by atoms with Crippen molar-refractivity contribution >= 4 is 10.1 Å². The van der Waals surface area contributed by atoms with Crippen LogP contribution in [0.2, 0.25) is 0 Å². The molecular weight excluding hydrogens is 269 g/mol. The van der Waals surface area contributed by atoms with Gasteiger partial charge in [-0.3, -0.25) is 4.18 Å². The molecule has 0 heterocycles. The van der Waals surface area contributed by atoms with Crippen molar-refractivity contribution in [2.75, 3.05) is 6.67 Å². The Bertz CT molecular complexity index is 497. The molecule has 0 bridgehead atoms. The molecule has 0 fully saturated rings. The average Bonchev–Trinajstić information content (AvgIpc) is 2.29. The first kappa shape index (κ1) is 15.0. The Labute approximate surface area is 104 Å². The van der Waals surface area contributed by atoms with Crippen LogP contribution in [0, 0.1) is 6.92 Å². The summed E-state index contributed by atoms with van der Waals surface area (Å²) < 4.78 is 65.4. The number of hydrogen-bond donors (Lipinski definition) is 0. The van der Waals surface area contributed by atoms with Gasteiger partial charge in [-0.15, -0.1) is 0 Å². The summed E-state index contributed by atoms with van der Waals surface area (Å²) in [6.45, 7) is 0.583. The molecule has 1 aromatic rings. The lowest BCUT2D eigenvalue weighted by molar-refractivity contribution is -0.0996. The fourth-order valence-electron chi connectivity index (χ4n) is 1.13. The van der Waals surface area contributed by atoms with Gasteiger partial charge in [0.25, 0.3) is 10.1 Å². The maximum Gasteiger partial charge on any atom is 0.302 e. The lowest BCUT2D eigenvalue weighted by Gasteiger charge is -2.20. The van der Waals surface area contributed by atoms with Crippen LogP contribution in [-0.4, -0.2) is 27.1 Å². The molecule has 0 aliphatic rings. The van der Waals surface area contributed by atoms with Crippen molar-refractivity contribution in [1.29, 1.82) is 0 Å². The Morgan fingerprint density at radius 2 is 1.78 bits per heavy atom. The molecule has 1 rings (SSSR count). The second-order valence-electron chi connectivity index (χ2n) is 3.90. The van der Waals surface area contributed by atoms with Crippen LogP contribution in [0.4, 0.5) is 13.2 Å². The third-order valence-corrected chi connectivity index (χ3v) is 3.75. The van der Waals surface area contributed by atoms with E-state index in [1.54, 1.807) is 6.92 Å². The Hall–Kier alpha value is -1.08. The third-order valence-electron chi connectivity index (χ3n) is 2.35. The second-order valence-corrected chi connectivity index (χ2v) is 5.47. The van der Waals surface area contributed by atoms with Crippen LogP contribution in [0.3, 0.4) is 0 Å². The standard InChI is InChI=1S/C11H13F3O3S/c1-8-3-5-10(6-4-8)18(15,16)17-9(2)11(13,14)7-12/h3-6,9H,7H2,1-2H3. The van der Waals surface area contributed by atoms with E-state index in [2.05, 4.69) is 4.18 Å². The van der Waals surface area contributed by atoms with Crippen LogP contribution in [0.15, 0.2) is 29.2 Å². The first-order chi connectivity index (χ1) is 8.19. The van der Waals surface area contributed by atoms with Crippen LogP contribution in [0.5, 0.6) is 0 Å². The topological polar surface area (TPSA) is 43.4 Å². The first-order valence-electron chi connectivity index (χ1n) is 5.13. The lowest BCUT2D eigenvalue weighted by atomic mass is 10.2. The molecule has 0 radical (unpaired) electrons. The van der Waals surface area contributed by atoms with Gasteiger partial charge in [0.1, 0.15) is 6.10 Å². The predicted molar refractivity (Wildman–Crippen MR) is 59.8 cm³/mol. The number of hydrogen-bond acceptors (Lipinski definition) is 3. The largest absolute Gasteiger partial charge is 0.302 e. The predicted octanol–water partition coefficient (Wildman–Crippen LogP) is 2.69. The second kappa shape index (κ2) is 5.27. The monoisotopic (exact) mass is 282 g/mol. The summed E-state index contributed by atoms with van der Waals surface area (Å²) in [6, 6.07) is 5.50. The molecular formula is C11H13F3O3S. The van der Waals surface area contributed by atoms with Gasteiger partial charge in [0.15, 0.2) is 6.67 Å². The fourth-order valence-corrected chi connectivity index (χ4v) is 2.23. The summed E-state index contributed by atoms with van der Waals surface area (Å²) >= 11 is 0. The highest BCUT2D eigenvalue weighted by atomic mass is 32.2. The molecule has 0 saturated carbocycles. The zero-order valence-electron chi connectivity index (χ0n) is 9.86. The van der Waals surface area contributed by atoms with Crippen molar-refractivity contribution in [1.82, 2.24) is 0 Å². The summed E-state index contributed by atoms with van der Waals surface area (Å²) in [5.74, 6) is -3.84. The van der Waals surface area contributed by atoms with E-state index in [1.807, 2.05) is 0 Å². The molecule has 1 unspecified atom stereocenters. The van der Waals surface area contributed by atoms with Gasteiger partial charge in [-0.2, -0.15) is 8.42 Å². The summed E-state index contributed by atoms with van der Waals surface area (Å²) in [5, 5.41) is 0. The molecule has 0 aliphatic heterocycles. The summed E-state index contributed by atoms with van der Waals surface area (Å²) in [5.41, 5.74) is 0.816. The molecule has 0 N–H and O–H groups in total. The zero-order valence-corrected chi connectivity index (χ0v) is 10.7. The summed E-state index contributed by atoms with van der Waals surface area (Å²) in [4.78, 5) is -0.241. The SMILES string of the molecule is Cc1ccc(S(=O)(=O)OC(C)C(F)(F)CF)cc1. The van der Waals surface area contributed by atoms with Gasteiger partial charge in [-0.05, 0) is 26.0 Å².